The van der Waals surface area contributed by atoms with Crippen LogP contribution < -0.4 is 0 Å². The summed E-state index contributed by atoms with van der Waals surface area (Å²) in [6, 6.07) is 1.11. The Bertz CT molecular complexity index is 285. The summed E-state index contributed by atoms with van der Waals surface area (Å²) < 4.78 is 0. The van der Waals surface area contributed by atoms with Crippen molar-refractivity contribution in [1.29, 1.82) is 0 Å². The number of likely N-dealkylation sites (tertiary alicyclic amines) is 1. The molecule has 96 valence electrons. The van der Waals surface area contributed by atoms with Crippen LogP contribution in [-0.4, -0.2) is 29.3 Å². The minimum absolute atomic E-state index is 0.349. The van der Waals surface area contributed by atoms with Crippen molar-refractivity contribution in [1.82, 2.24) is 4.90 Å². The summed E-state index contributed by atoms with van der Waals surface area (Å²) >= 11 is 0. The molecule has 1 aliphatic carbocycles. The van der Waals surface area contributed by atoms with Crippen molar-refractivity contribution < 1.29 is 4.79 Å². The fourth-order valence-corrected chi connectivity index (χ4v) is 3.26. The number of nitrogens with zero attached hydrogens (tertiary/aromatic N) is 1. The monoisotopic (exact) mass is 235 g/mol. The smallest absolute Gasteiger partial charge is 0.131 e. The van der Waals surface area contributed by atoms with Crippen molar-refractivity contribution >= 4 is 5.78 Å². The Hall–Kier alpha value is -0.630. The van der Waals surface area contributed by atoms with Crippen LogP contribution in [0.2, 0.25) is 0 Å². The second-order valence-electron chi connectivity index (χ2n) is 5.57. The predicted molar refractivity (Wildman–Crippen MR) is 71.0 cm³/mol. The van der Waals surface area contributed by atoms with Crippen molar-refractivity contribution in [2.75, 3.05) is 6.54 Å². The highest BCUT2D eigenvalue weighted by Crippen LogP contribution is 2.26. The highest BCUT2D eigenvalue weighted by Gasteiger charge is 2.27. The quantitative estimate of drug-likeness (QED) is 0.699. The Morgan fingerprint density at radius 2 is 2.12 bits per heavy atom. The summed E-state index contributed by atoms with van der Waals surface area (Å²) in [5.74, 6) is 0.349. The number of carbonyl (C=O) groups is 1. The van der Waals surface area contributed by atoms with Gasteiger partial charge >= 0.3 is 0 Å². The molecule has 2 nitrogen and oxygen atoms in total. The zero-order valence-electron chi connectivity index (χ0n) is 11.0. The van der Waals surface area contributed by atoms with E-state index < -0.39 is 0 Å². The first-order valence-electron chi connectivity index (χ1n) is 7.19. The Balaban J connectivity index is 2.04. The number of allylic oxidation sites excluding steroid dienone is 1. The Kier molecular flexibility index (Phi) is 4.78. The number of Topliss-reactive ketones (excluding diaryl/α,β-unsaturated/α-hetero) is 1. The maximum absolute atomic E-state index is 11.4. The van der Waals surface area contributed by atoms with Gasteiger partial charge in [-0.1, -0.05) is 25.0 Å². The summed E-state index contributed by atoms with van der Waals surface area (Å²) in [6.45, 7) is 2.92. The molecule has 0 aromatic carbocycles. The molecule has 1 fully saturated rings. The van der Waals surface area contributed by atoms with E-state index in [0.29, 0.717) is 17.9 Å². The van der Waals surface area contributed by atoms with Crippen LogP contribution in [-0.2, 0) is 4.79 Å². The van der Waals surface area contributed by atoms with Gasteiger partial charge in [-0.3, -0.25) is 9.69 Å². The van der Waals surface area contributed by atoms with E-state index in [4.69, 9.17) is 0 Å². The molecule has 0 saturated carbocycles. The lowest BCUT2D eigenvalue weighted by molar-refractivity contribution is -0.118. The first-order chi connectivity index (χ1) is 8.27. The highest BCUT2D eigenvalue weighted by molar-refractivity contribution is 5.76. The van der Waals surface area contributed by atoms with Gasteiger partial charge in [0.25, 0.3) is 0 Å². The van der Waals surface area contributed by atoms with E-state index in [2.05, 4.69) is 17.1 Å². The molecule has 17 heavy (non-hydrogen) atoms. The van der Waals surface area contributed by atoms with Gasteiger partial charge in [-0.2, -0.15) is 0 Å². The molecular weight excluding hydrogens is 210 g/mol. The predicted octanol–water partition coefficient (Wildman–Crippen LogP) is 3.32. The van der Waals surface area contributed by atoms with Gasteiger partial charge in [-0.05, 0) is 45.6 Å². The molecule has 0 radical (unpaired) electrons. The molecule has 1 heterocycles. The lowest BCUT2D eigenvalue weighted by Crippen LogP contribution is -2.43. The third kappa shape index (κ3) is 3.67. The van der Waals surface area contributed by atoms with Crippen molar-refractivity contribution in [3.8, 4) is 0 Å². The Labute approximate surface area is 105 Å². The molecule has 0 spiro atoms. The minimum Gasteiger partial charge on any atom is -0.300 e. The van der Waals surface area contributed by atoms with E-state index >= 15 is 0 Å². The van der Waals surface area contributed by atoms with E-state index in [-0.39, 0.29) is 0 Å². The van der Waals surface area contributed by atoms with Gasteiger partial charge < -0.3 is 0 Å². The van der Waals surface area contributed by atoms with Crippen LogP contribution in [0, 0.1) is 0 Å². The van der Waals surface area contributed by atoms with E-state index in [9.17, 15) is 4.79 Å². The standard InChI is InChI=1S/C15H25NO/c1-13(17)12-15-10-6-3-7-11-16(15)14-8-4-2-5-9-14/h4,8,14-15H,2-3,5-7,9-12H2,1H3. The van der Waals surface area contributed by atoms with Crippen LogP contribution in [0.25, 0.3) is 0 Å². The van der Waals surface area contributed by atoms with E-state index in [0.717, 1.165) is 6.42 Å². The van der Waals surface area contributed by atoms with E-state index in [1.165, 1.54) is 51.5 Å². The van der Waals surface area contributed by atoms with Gasteiger partial charge in [0, 0.05) is 18.5 Å². The number of hydrogen-bond acceptors (Lipinski definition) is 2. The van der Waals surface area contributed by atoms with Crippen LogP contribution in [0.1, 0.15) is 58.3 Å². The summed E-state index contributed by atoms with van der Waals surface area (Å²) in [7, 11) is 0. The molecule has 2 aliphatic rings. The van der Waals surface area contributed by atoms with Crippen LogP contribution in [0.3, 0.4) is 0 Å². The second-order valence-corrected chi connectivity index (χ2v) is 5.57. The van der Waals surface area contributed by atoms with Gasteiger partial charge in [0.1, 0.15) is 5.78 Å². The Morgan fingerprint density at radius 1 is 1.24 bits per heavy atom. The molecule has 0 bridgehead atoms. The minimum atomic E-state index is 0.349. The first-order valence-corrected chi connectivity index (χ1v) is 7.19. The Morgan fingerprint density at radius 3 is 2.82 bits per heavy atom. The lowest BCUT2D eigenvalue weighted by Gasteiger charge is -2.36. The molecule has 0 amide bonds. The normalized spacial score (nSPS) is 31.1. The van der Waals surface area contributed by atoms with Crippen molar-refractivity contribution in [3.05, 3.63) is 12.2 Å². The molecule has 2 heteroatoms. The molecule has 0 aromatic heterocycles. The van der Waals surface area contributed by atoms with Crippen LogP contribution in [0.4, 0.5) is 0 Å². The molecule has 1 aliphatic heterocycles. The summed E-state index contributed by atoms with van der Waals surface area (Å²) in [5.41, 5.74) is 0. The van der Waals surface area contributed by atoms with Gasteiger partial charge in [0.05, 0.1) is 0 Å². The number of rotatable bonds is 3. The molecule has 0 N–H and O–H groups in total. The van der Waals surface area contributed by atoms with Gasteiger partial charge in [0.2, 0.25) is 0 Å². The zero-order chi connectivity index (χ0) is 12.1. The topological polar surface area (TPSA) is 20.3 Å². The third-order valence-electron chi connectivity index (χ3n) is 4.10. The number of ketones is 1. The van der Waals surface area contributed by atoms with E-state index in [1.54, 1.807) is 6.92 Å². The summed E-state index contributed by atoms with van der Waals surface area (Å²) in [6.07, 6.45) is 14.4. The zero-order valence-corrected chi connectivity index (χ0v) is 11.0. The van der Waals surface area contributed by atoms with Crippen molar-refractivity contribution in [3.63, 3.8) is 0 Å². The van der Waals surface area contributed by atoms with Crippen LogP contribution in [0.5, 0.6) is 0 Å². The SMILES string of the molecule is CC(=O)CC1CCCCCN1C1C=CCCC1. The average Bonchev–Trinajstić information content (AvgIpc) is 2.55. The molecule has 2 rings (SSSR count). The summed E-state index contributed by atoms with van der Waals surface area (Å²) in [5, 5.41) is 0. The maximum atomic E-state index is 11.4. The molecule has 0 aromatic rings. The number of hydrogen-bond donors (Lipinski definition) is 0. The molecular formula is C15H25NO. The fraction of sp³-hybridized carbons (Fsp3) is 0.800. The van der Waals surface area contributed by atoms with Crippen LogP contribution >= 0.6 is 0 Å². The van der Waals surface area contributed by atoms with Crippen molar-refractivity contribution in [2.24, 2.45) is 0 Å². The highest BCUT2D eigenvalue weighted by atomic mass is 16.1. The van der Waals surface area contributed by atoms with Gasteiger partial charge in [0.15, 0.2) is 0 Å². The first kappa shape index (κ1) is 12.8. The van der Waals surface area contributed by atoms with Gasteiger partial charge in [-0.15, -0.1) is 0 Å². The average molecular weight is 235 g/mol. The third-order valence-corrected chi connectivity index (χ3v) is 4.10. The fourth-order valence-electron chi connectivity index (χ4n) is 3.26. The second kappa shape index (κ2) is 6.34. The molecule has 2 atom stereocenters. The van der Waals surface area contributed by atoms with Crippen LogP contribution in [0.15, 0.2) is 12.2 Å². The number of carbonyl (C=O) groups excluding carboxylic acids is 1. The summed E-state index contributed by atoms with van der Waals surface area (Å²) in [4.78, 5) is 14.0. The molecule has 1 saturated heterocycles. The lowest BCUT2D eigenvalue weighted by atomic mass is 9.97. The largest absolute Gasteiger partial charge is 0.300 e. The molecule has 2 unspecified atom stereocenters. The van der Waals surface area contributed by atoms with Crippen molar-refractivity contribution in [2.45, 2.75) is 70.4 Å². The van der Waals surface area contributed by atoms with E-state index in [1.807, 2.05) is 0 Å². The van der Waals surface area contributed by atoms with Gasteiger partial charge in [-0.25, -0.2) is 0 Å². The maximum Gasteiger partial charge on any atom is 0.131 e.